The lowest BCUT2D eigenvalue weighted by Crippen LogP contribution is -2.65. The number of hydrogen-bond donors (Lipinski definition) is 1. The fraction of sp³-hybridized carbons (Fsp3) is 0.720. The number of rotatable bonds is 4. The fourth-order valence-corrected chi connectivity index (χ4v) is 7.10. The normalized spacial score (nSPS) is 33.6. The van der Waals surface area contributed by atoms with Crippen LogP contribution >= 0.6 is 0 Å². The highest BCUT2D eigenvalue weighted by molar-refractivity contribution is 5.85. The zero-order valence-corrected chi connectivity index (χ0v) is 19.7. The first-order chi connectivity index (χ1) is 16.0. The topological polar surface area (TPSA) is 72.3 Å². The molecule has 1 amide bonds. The molecular weight excluding hydrogens is 443 g/mol. The van der Waals surface area contributed by atoms with Crippen LogP contribution in [-0.2, 0) is 11.0 Å². The summed E-state index contributed by atoms with van der Waals surface area (Å²) in [5.74, 6) is 1.97. The molecule has 0 aromatic carbocycles. The Kier molecular flexibility index (Phi) is 5.58. The molecule has 2 atom stereocenters. The van der Waals surface area contributed by atoms with Crippen molar-refractivity contribution in [2.45, 2.75) is 63.7 Å². The molecule has 4 aliphatic carbocycles. The van der Waals surface area contributed by atoms with Crippen LogP contribution in [0.2, 0.25) is 0 Å². The second-order valence-corrected chi connectivity index (χ2v) is 11.3. The molecule has 34 heavy (non-hydrogen) atoms. The maximum Gasteiger partial charge on any atom is 0.417 e. The lowest BCUT2D eigenvalue weighted by Gasteiger charge is -2.58. The monoisotopic (exact) mass is 475 g/mol. The smallest absolute Gasteiger partial charge is 0.354 e. The van der Waals surface area contributed by atoms with Crippen molar-refractivity contribution in [1.82, 2.24) is 15.2 Å². The predicted octanol–water partition coefficient (Wildman–Crippen LogP) is 3.84. The van der Waals surface area contributed by atoms with Crippen LogP contribution in [0, 0.1) is 34.5 Å². The van der Waals surface area contributed by atoms with Crippen molar-refractivity contribution in [3.63, 3.8) is 0 Å². The summed E-state index contributed by atoms with van der Waals surface area (Å²) in [4.78, 5) is 21.6. The van der Waals surface area contributed by atoms with Crippen molar-refractivity contribution in [2.24, 2.45) is 23.2 Å². The highest BCUT2D eigenvalue weighted by atomic mass is 19.4. The highest BCUT2D eigenvalue weighted by Gasteiger charge is 2.56. The molecule has 2 unspecified atom stereocenters. The average molecular weight is 476 g/mol. The van der Waals surface area contributed by atoms with E-state index < -0.39 is 17.3 Å². The van der Waals surface area contributed by atoms with E-state index in [0.29, 0.717) is 49.8 Å². The van der Waals surface area contributed by atoms with Gasteiger partial charge in [-0.3, -0.25) is 9.69 Å². The van der Waals surface area contributed by atoms with Crippen molar-refractivity contribution < 1.29 is 18.0 Å². The third-order valence-electron chi connectivity index (χ3n) is 8.83. The molecule has 6 nitrogen and oxygen atoms in total. The number of hydrogen-bond acceptors (Lipinski definition) is 5. The van der Waals surface area contributed by atoms with Crippen molar-refractivity contribution in [1.29, 1.82) is 5.26 Å². The van der Waals surface area contributed by atoms with Gasteiger partial charge in [0.15, 0.2) is 0 Å². The Morgan fingerprint density at radius 3 is 2.29 bits per heavy atom. The van der Waals surface area contributed by atoms with Crippen LogP contribution in [0.25, 0.3) is 0 Å². The van der Waals surface area contributed by atoms with E-state index in [9.17, 15) is 23.2 Å². The number of carbonyl (C=O) groups is 1. The van der Waals surface area contributed by atoms with Crippen LogP contribution < -0.4 is 10.2 Å². The van der Waals surface area contributed by atoms with Crippen LogP contribution in [0.15, 0.2) is 18.3 Å². The molecule has 5 aliphatic rings. The van der Waals surface area contributed by atoms with Gasteiger partial charge in [-0.05, 0) is 75.8 Å². The van der Waals surface area contributed by atoms with Gasteiger partial charge in [0.05, 0.1) is 22.6 Å². The maximum absolute atomic E-state index is 13.4. The molecule has 1 aliphatic heterocycles. The Morgan fingerprint density at radius 2 is 1.76 bits per heavy atom. The van der Waals surface area contributed by atoms with E-state index in [1.54, 1.807) is 0 Å². The molecular formula is C25H32F3N5O. The number of piperazine rings is 1. The molecule has 1 saturated heterocycles. The summed E-state index contributed by atoms with van der Waals surface area (Å²) in [5, 5.41) is 13.1. The first-order valence-corrected chi connectivity index (χ1v) is 12.3. The summed E-state index contributed by atoms with van der Waals surface area (Å²) in [5.41, 5.74) is -1.62. The Balaban J connectivity index is 1.19. The van der Waals surface area contributed by atoms with Gasteiger partial charge in [-0.2, -0.15) is 18.4 Å². The molecule has 4 bridgehead atoms. The summed E-state index contributed by atoms with van der Waals surface area (Å²) < 4.78 is 38.4. The van der Waals surface area contributed by atoms with Crippen LogP contribution in [0.5, 0.6) is 0 Å². The van der Waals surface area contributed by atoms with Crippen LogP contribution in [-0.4, -0.2) is 53.6 Å². The highest BCUT2D eigenvalue weighted by Crippen LogP contribution is 2.59. The second-order valence-electron chi connectivity index (χ2n) is 11.3. The molecule has 1 aromatic heterocycles. The number of anilines is 1. The molecule has 9 heteroatoms. The predicted molar refractivity (Wildman–Crippen MR) is 121 cm³/mol. The number of halogens is 3. The molecule has 1 aromatic rings. The largest absolute Gasteiger partial charge is 0.417 e. The standard InChI is InChI=1S/C25H32F3N5O/c1-23(2,22(34)31-21-17-9-16-10-18(21)13-24(11-16,12-17)15-29)33-7-5-32(6-8-33)20-4-3-19(14-30-20)25(26,27)28/h3-4,14,16-18,21H,5-13H2,1-2H3,(H,31,34). The van der Waals surface area contributed by atoms with Crippen molar-refractivity contribution in [3.05, 3.63) is 23.9 Å². The number of amides is 1. The Hall–Kier alpha value is -2.34. The minimum atomic E-state index is -4.39. The van der Waals surface area contributed by atoms with E-state index in [4.69, 9.17) is 0 Å². The van der Waals surface area contributed by atoms with Crippen molar-refractivity contribution >= 4 is 11.7 Å². The van der Waals surface area contributed by atoms with Gasteiger partial charge in [0.2, 0.25) is 5.91 Å². The third kappa shape index (κ3) is 4.04. The Morgan fingerprint density at radius 1 is 1.12 bits per heavy atom. The van der Waals surface area contributed by atoms with E-state index >= 15 is 0 Å². The van der Waals surface area contributed by atoms with E-state index in [1.807, 2.05) is 18.7 Å². The van der Waals surface area contributed by atoms with Gasteiger partial charge in [-0.1, -0.05) is 0 Å². The molecule has 0 radical (unpaired) electrons. The zero-order chi connectivity index (χ0) is 24.3. The third-order valence-corrected chi connectivity index (χ3v) is 8.83. The summed E-state index contributed by atoms with van der Waals surface area (Å²) in [6.07, 6.45) is 1.55. The minimum Gasteiger partial charge on any atom is -0.354 e. The Labute approximate surface area is 198 Å². The minimum absolute atomic E-state index is 0.0251. The second kappa shape index (κ2) is 8.11. The first-order valence-electron chi connectivity index (χ1n) is 12.3. The summed E-state index contributed by atoms with van der Waals surface area (Å²) in [6, 6.07) is 5.24. The van der Waals surface area contributed by atoms with E-state index in [2.05, 4.69) is 21.3 Å². The summed E-state index contributed by atoms with van der Waals surface area (Å²) in [7, 11) is 0. The molecule has 0 spiro atoms. The van der Waals surface area contributed by atoms with Gasteiger partial charge in [0.25, 0.3) is 0 Å². The lowest BCUT2D eigenvalue weighted by molar-refractivity contribution is -0.138. The molecule has 184 valence electrons. The average Bonchev–Trinajstić information content (AvgIpc) is 2.80. The molecule has 4 saturated carbocycles. The number of nitrogens with zero attached hydrogens (tertiary/aromatic N) is 4. The first kappa shape index (κ1) is 23.4. The SMILES string of the molecule is CC(C)(C(=O)NC1C2CC3CC1CC(C#N)(C3)C2)N1CCN(c2ccc(C(F)(F)F)cn2)CC1. The zero-order valence-electron chi connectivity index (χ0n) is 19.7. The van der Waals surface area contributed by atoms with Crippen LogP contribution in [0.1, 0.15) is 51.5 Å². The molecule has 1 N–H and O–H groups in total. The number of carbonyl (C=O) groups excluding carboxylic acids is 1. The van der Waals surface area contributed by atoms with Gasteiger partial charge in [-0.15, -0.1) is 0 Å². The quantitative estimate of drug-likeness (QED) is 0.717. The number of aromatic nitrogens is 1. The fourth-order valence-electron chi connectivity index (χ4n) is 7.10. The van der Waals surface area contributed by atoms with E-state index in [-0.39, 0.29) is 17.4 Å². The van der Waals surface area contributed by atoms with Crippen LogP contribution in [0.4, 0.5) is 19.0 Å². The Bertz CT molecular complexity index is 962. The van der Waals surface area contributed by atoms with Gasteiger partial charge in [-0.25, -0.2) is 4.98 Å². The number of nitrogens with one attached hydrogen (secondary N) is 1. The number of alkyl halides is 3. The van der Waals surface area contributed by atoms with Crippen molar-refractivity contribution in [3.8, 4) is 6.07 Å². The van der Waals surface area contributed by atoms with Gasteiger partial charge in [0, 0.05) is 38.4 Å². The van der Waals surface area contributed by atoms with Gasteiger partial charge >= 0.3 is 6.18 Å². The number of pyridine rings is 1. The van der Waals surface area contributed by atoms with E-state index in [0.717, 1.165) is 44.4 Å². The molecule has 2 heterocycles. The summed E-state index contributed by atoms with van der Waals surface area (Å²) in [6.45, 7) is 6.33. The summed E-state index contributed by atoms with van der Waals surface area (Å²) >= 11 is 0. The lowest BCUT2D eigenvalue weighted by atomic mass is 9.48. The van der Waals surface area contributed by atoms with Crippen molar-refractivity contribution in [2.75, 3.05) is 31.1 Å². The van der Waals surface area contributed by atoms with E-state index in [1.165, 1.54) is 6.07 Å². The molecule has 5 fully saturated rings. The number of nitriles is 1. The van der Waals surface area contributed by atoms with Gasteiger partial charge in [0.1, 0.15) is 5.82 Å². The maximum atomic E-state index is 13.4. The van der Waals surface area contributed by atoms with Crippen LogP contribution in [0.3, 0.4) is 0 Å². The van der Waals surface area contributed by atoms with Gasteiger partial charge < -0.3 is 10.2 Å². The molecule has 6 rings (SSSR count).